The first kappa shape index (κ1) is 15.6. The lowest BCUT2D eigenvalue weighted by Crippen LogP contribution is -1.96. The van der Waals surface area contributed by atoms with Gasteiger partial charge in [-0.15, -0.1) is 11.8 Å². The first-order chi connectivity index (χ1) is 11.2. The number of aromatic nitrogens is 1. The molecule has 0 saturated carbocycles. The summed E-state index contributed by atoms with van der Waals surface area (Å²) in [6.07, 6.45) is 2.04. The van der Waals surface area contributed by atoms with E-state index >= 15 is 0 Å². The predicted octanol–water partition coefficient (Wildman–Crippen LogP) is 4.96. The Balaban J connectivity index is 1.51. The van der Waals surface area contributed by atoms with Gasteiger partial charge in [-0.2, -0.15) is 0 Å². The number of hydrogen-bond donors (Lipinski definition) is 1. The number of rotatable bonds is 4. The van der Waals surface area contributed by atoms with E-state index in [4.69, 9.17) is 4.74 Å². The second kappa shape index (κ2) is 7.30. The van der Waals surface area contributed by atoms with Crippen LogP contribution in [0.2, 0.25) is 0 Å². The van der Waals surface area contributed by atoms with Gasteiger partial charge in [-0.3, -0.25) is 0 Å². The minimum absolute atomic E-state index is 0.429. The van der Waals surface area contributed by atoms with Crippen molar-refractivity contribution in [2.75, 3.05) is 12.4 Å². The Morgan fingerprint density at radius 3 is 2.83 bits per heavy atom. The molecule has 0 aliphatic carbocycles. The molecule has 0 atom stereocenters. The molecule has 0 aliphatic heterocycles. The summed E-state index contributed by atoms with van der Waals surface area (Å²) in [5.41, 5.74) is 3.57. The number of benzene rings is 2. The average molecular weight is 321 g/mol. The second-order valence-electron chi connectivity index (χ2n) is 5.40. The molecule has 0 amide bonds. The number of aromatic amines is 1. The fourth-order valence-electron chi connectivity index (χ4n) is 2.46. The summed E-state index contributed by atoms with van der Waals surface area (Å²) in [7, 11) is 0. The lowest BCUT2D eigenvalue weighted by molar-refractivity contribution is 0.367. The van der Waals surface area contributed by atoms with Crippen molar-refractivity contribution in [3.63, 3.8) is 0 Å². The van der Waals surface area contributed by atoms with Crippen LogP contribution in [0.25, 0.3) is 10.9 Å². The maximum atomic E-state index is 5.71. The molecule has 2 aromatic carbocycles. The Kier molecular flexibility index (Phi) is 4.95. The highest BCUT2D eigenvalue weighted by atomic mass is 32.2. The van der Waals surface area contributed by atoms with E-state index in [0.29, 0.717) is 6.61 Å². The molecule has 0 fully saturated rings. The van der Waals surface area contributed by atoms with Crippen LogP contribution in [-0.4, -0.2) is 17.3 Å². The molecule has 0 saturated heterocycles. The number of aryl methyl sites for hydroxylation is 2. The van der Waals surface area contributed by atoms with Gasteiger partial charge in [0, 0.05) is 22.0 Å². The molecule has 23 heavy (non-hydrogen) atoms. The van der Waals surface area contributed by atoms with Crippen LogP contribution in [0.5, 0.6) is 5.75 Å². The lowest BCUT2D eigenvalue weighted by atomic mass is 10.1. The third-order valence-electron chi connectivity index (χ3n) is 3.61. The highest BCUT2D eigenvalue weighted by Crippen LogP contribution is 2.27. The number of nitrogens with one attached hydrogen (secondary N) is 1. The van der Waals surface area contributed by atoms with E-state index in [-0.39, 0.29) is 0 Å². The van der Waals surface area contributed by atoms with Gasteiger partial charge in [0.05, 0.1) is 5.75 Å². The Bertz CT molecular complexity index is 870. The van der Waals surface area contributed by atoms with Crippen LogP contribution in [0.4, 0.5) is 0 Å². The van der Waals surface area contributed by atoms with Gasteiger partial charge in [0.2, 0.25) is 0 Å². The molecule has 1 aromatic heterocycles. The molecule has 2 nitrogen and oxygen atoms in total. The summed E-state index contributed by atoms with van der Waals surface area (Å²) >= 11 is 1.75. The van der Waals surface area contributed by atoms with Gasteiger partial charge < -0.3 is 9.72 Å². The summed E-state index contributed by atoms with van der Waals surface area (Å²) in [5.74, 6) is 7.92. The van der Waals surface area contributed by atoms with Gasteiger partial charge in [-0.1, -0.05) is 47.7 Å². The summed E-state index contributed by atoms with van der Waals surface area (Å²) in [5, 5.41) is 1.26. The van der Waals surface area contributed by atoms with Crippen molar-refractivity contribution in [2.24, 2.45) is 0 Å². The molecule has 0 aliphatic rings. The van der Waals surface area contributed by atoms with Crippen LogP contribution in [0.3, 0.4) is 0 Å². The first-order valence-corrected chi connectivity index (χ1v) is 8.57. The highest BCUT2D eigenvalue weighted by molar-refractivity contribution is 7.99. The van der Waals surface area contributed by atoms with Gasteiger partial charge in [-0.25, -0.2) is 0 Å². The highest BCUT2D eigenvalue weighted by Gasteiger charge is 2.01. The largest absolute Gasteiger partial charge is 0.481 e. The van der Waals surface area contributed by atoms with E-state index in [2.05, 4.69) is 61.0 Å². The smallest absolute Gasteiger partial charge is 0.149 e. The SMILES string of the molecule is Cc1ccc(OCC#CCSc2c[nH]c3ccccc23)c(C)c1. The minimum Gasteiger partial charge on any atom is -0.481 e. The van der Waals surface area contributed by atoms with E-state index < -0.39 is 0 Å². The number of fused-ring (bicyclic) bond motifs is 1. The van der Waals surface area contributed by atoms with E-state index in [0.717, 1.165) is 17.1 Å². The molecule has 1 N–H and O–H groups in total. The zero-order valence-electron chi connectivity index (χ0n) is 13.3. The van der Waals surface area contributed by atoms with Crippen LogP contribution in [0, 0.1) is 25.7 Å². The summed E-state index contributed by atoms with van der Waals surface area (Å²) < 4.78 is 5.71. The monoisotopic (exact) mass is 321 g/mol. The number of H-pyrrole nitrogens is 1. The molecule has 116 valence electrons. The van der Waals surface area contributed by atoms with Crippen LogP contribution < -0.4 is 4.74 Å². The quantitative estimate of drug-likeness (QED) is 0.543. The summed E-state index contributed by atoms with van der Waals surface area (Å²) in [6, 6.07) is 14.5. The van der Waals surface area contributed by atoms with E-state index in [1.54, 1.807) is 11.8 Å². The third-order valence-corrected chi connectivity index (χ3v) is 4.54. The van der Waals surface area contributed by atoms with Crippen molar-refractivity contribution in [1.29, 1.82) is 0 Å². The van der Waals surface area contributed by atoms with Crippen LogP contribution in [0.1, 0.15) is 11.1 Å². The number of ether oxygens (including phenoxy) is 1. The van der Waals surface area contributed by atoms with Gasteiger partial charge in [0.15, 0.2) is 0 Å². The standard InChI is InChI=1S/C20H19NOS/c1-15-9-10-19(16(2)13-15)22-11-5-6-12-23-20-14-21-18-8-4-3-7-17(18)20/h3-4,7-10,13-14,21H,11-12H2,1-2H3. The Labute approximate surface area is 141 Å². The molecule has 3 aromatic rings. The van der Waals surface area contributed by atoms with Gasteiger partial charge in [-0.05, 0) is 31.5 Å². The topological polar surface area (TPSA) is 25.0 Å². The maximum absolute atomic E-state index is 5.71. The number of para-hydroxylation sites is 1. The maximum Gasteiger partial charge on any atom is 0.149 e. The lowest BCUT2D eigenvalue weighted by Gasteiger charge is -2.06. The Morgan fingerprint density at radius 1 is 1.09 bits per heavy atom. The van der Waals surface area contributed by atoms with Crippen molar-refractivity contribution in [3.8, 4) is 17.6 Å². The van der Waals surface area contributed by atoms with Gasteiger partial charge >= 0.3 is 0 Å². The molecule has 0 bridgehead atoms. The van der Waals surface area contributed by atoms with Gasteiger partial charge in [0.1, 0.15) is 12.4 Å². The van der Waals surface area contributed by atoms with Crippen LogP contribution in [-0.2, 0) is 0 Å². The Hall–Kier alpha value is -2.31. The molecular formula is C20H19NOS. The number of hydrogen-bond acceptors (Lipinski definition) is 2. The van der Waals surface area contributed by atoms with Crippen molar-refractivity contribution in [3.05, 3.63) is 59.8 Å². The fourth-order valence-corrected chi connectivity index (χ4v) is 3.26. The zero-order valence-corrected chi connectivity index (χ0v) is 14.2. The van der Waals surface area contributed by atoms with Crippen molar-refractivity contribution >= 4 is 22.7 Å². The molecule has 0 spiro atoms. The molecular weight excluding hydrogens is 302 g/mol. The Morgan fingerprint density at radius 2 is 1.96 bits per heavy atom. The summed E-state index contributed by atoms with van der Waals surface area (Å²) in [6.45, 7) is 4.57. The van der Waals surface area contributed by atoms with E-state index in [9.17, 15) is 0 Å². The van der Waals surface area contributed by atoms with Gasteiger partial charge in [0.25, 0.3) is 0 Å². The first-order valence-electron chi connectivity index (χ1n) is 7.59. The van der Waals surface area contributed by atoms with E-state index in [1.807, 2.05) is 18.3 Å². The predicted molar refractivity (Wildman–Crippen MR) is 98.2 cm³/mol. The molecule has 1 heterocycles. The fraction of sp³-hybridized carbons (Fsp3) is 0.200. The summed E-state index contributed by atoms with van der Waals surface area (Å²) in [4.78, 5) is 4.52. The van der Waals surface area contributed by atoms with Crippen LogP contribution >= 0.6 is 11.8 Å². The minimum atomic E-state index is 0.429. The second-order valence-corrected chi connectivity index (χ2v) is 6.42. The molecule has 3 rings (SSSR count). The molecule has 0 unspecified atom stereocenters. The normalized spacial score (nSPS) is 10.3. The van der Waals surface area contributed by atoms with Crippen LogP contribution in [0.15, 0.2) is 53.6 Å². The van der Waals surface area contributed by atoms with Crippen molar-refractivity contribution in [1.82, 2.24) is 4.98 Å². The number of thioether (sulfide) groups is 1. The molecule has 3 heteroatoms. The average Bonchev–Trinajstić information content (AvgIpc) is 2.96. The molecule has 0 radical (unpaired) electrons. The van der Waals surface area contributed by atoms with Crippen molar-refractivity contribution in [2.45, 2.75) is 18.7 Å². The van der Waals surface area contributed by atoms with Crippen molar-refractivity contribution < 1.29 is 4.74 Å². The zero-order chi connectivity index (χ0) is 16.1. The third kappa shape index (κ3) is 3.91. The van der Waals surface area contributed by atoms with E-state index in [1.165, 1.54) is 21.4 Å².